The van der Waals surface area contributed by atoms with Gasteiger partial charge in [-0.3, -0.25) is 0 Å². The number of nitrogens with one attached hydrogen (secondary N) is 1. The number of nitriles is 1. The number of halogens is 2. The number of aryl methyl sites for hydroxylation is 1. The Morgan fingerprint density at radius 1 is 1.39 bits per heavy atom. The maximum atomic E-state index is 13.5. The summed E-state index contributed by atoms with van der Waals surface area (Å²) >= 11 is 0. The van der Waals surface area contributed by atoms with Gasteiger partial charge in [0.2, 0.25) is 5.89 Å². The maximum absolute atomic E-state index is 13.5. The van der Waals surface area contributed by atoms with Crippen LogP contribution < -0.4 is 5.32 Å². The third-order valence-corrected chi connectivity index (χ3v) is 2.26. The SMILES string of the molecule is Cc1cnc(CNc2c(F)cc(C#N)cc2F)o1. The Bertz CT molecular complexity index is 593. The maximum Gasteiger partial charge on any atom is 0.213 e. The van der Waals surface area contributed by atoms with E-state index in [1.807, 2.05) is 0 Å². The monoisotopic (exact) mass is 249 g/mol. The molecule has 18 heavy (non-hydrogen) atoms. The Kier molecular flexibility index (Phi) is 3.24. The number of oxazole rings is 1. The standard InChI is InChI=1S/C12H9F2N3O/c1-7-5-16-11(18-7)6-17-12-9(13)2-8(4-15)3-10(12)14/h2-3,5,17H,6H2,1H3. The summed E-state index contributed by atoms with van der Waals surface area (Å²) in [6.07, 6.45) is 1.52. The van der Waals surface area contributed by atoms with Gasteiger partial charge in [0.15, 0.2) is 11.6 Å². The molecule has 0 saturated carbocycles. The molecule has 0 radical (unpaired) electrons. The average Bonchev–Trinajstić information content (AvgIpc) is 2.73. The number of aromatic nitrogens is 1. The van der Waals surface area contributed by atoms with Gasteiger partial charge in [-0.05, 0) is 19.1 Å². The highest BCUT2D eigenvalue weighted by molar-refractivity contribution is 5.50. The molecule has 0 aliphatic rings. The molecule has 0 fully saturated rings. The summed E-state index contributed by atoms with van der Waals surface area (Å²) in [7, 11) is 0. The third kappa shape index (κ3) is 2.46. The zero-order valence-corrected chi connectivity index (χ0v) is 9.50. The van der Waals surface area contributed by atoms with Gasteiger partial charge in [-0.1, -0.05) is 0 Å². The van der Waals surface area contributed by atoms with E-state index in [2.05, 4.69) is 10.3 Å². The van der Waals surface area contributed by atoms with Crippen LogP contribution in [0.25, 0.3) is 0 Å². The number of hydrogen-bond donors (Lipinski definition) is 1. The van der Waals surface area contributed by atoms with E-state index >= 15 is 0 Å². The predicted molar refractivity (Wildman–Crippen MR) is 59.6 cm³/mol. The smallest absolute Gasteiger partial charge is 0.213 e. The summed E-state index contributed by atoms with van der Waals surface area (Å²) in [4.78, 5) is 3.90. The average molecular weight is 249 g/mol. The van der Waals surface area contributed by atoms with Crippen LogP contribution in [0.1, 0.15) is 17.2 Å². The second-order valence-electron chi connectivity index (χ2n) is 3.64. The summed E-state index contributed by atoms with van der Waals surface area (Å²) in [6, 6.07) is 3.60. The summed E-state index contributed by atoms with van der Waals surface area (Å²) < 4.78 is 32.2. The van der Waals surface area contributed by atoms with E-state index in [4.69, 9.17) is 9.68 Å². The molecule has 0 saturated heterocycles. The molecule has 2 aromatic rings. The van der Waals surface area contributed by atoms with Crippen LogP contribution in [0.3, 0.4) is 0 Å². The molecule has 0 aliphatic heterocycles. The van der Waals surface area contributed by atoms with Crippen molar-refractivity contribution in [1.29, 1.82) is 5.26 Å². The fourth-order valence-electron chi connectivity index (χ4n) is 1.45. The van der Waals surface area contributed by atoms with Crippen molar-refractivity contribution in [3.63, 3.8) is 0 Å². The van der Waals surface area contributed by atoms with Crippen LogP contribution in [-0.4, -0.2) is 4.98 Å². The molecule has 92 valence electrons. The Morgan fingerprint density at radius 3 is 2.56 bits per heavy atom. The van der Waals surface area contributed by atoms with E-state index in [1.165, 1.54) is 6.20 Å². The molecule has 2 rings (SSSR count). The zero-order valence-electron chi connectivity index (χ0n) is 9.50. The molecule has 0 spiro atoms. The highest BCUT2D eigenvalue weighted by Crippen LogP contribution is 2.21. The lowest BCUT2D eigenvalue weighted by Crippen LogP contribution is -2.04. The van der Waals surface area contributed by atoms with Crippen LogP contribution in [0, 0.1) is 29.9 Å². The van der Waals surface area contributed by atoms with Crippen molar-refractivity contribution < 1.29 is 13.2 Å². The minimum absolute atomic E-state index is 0.0631. The molecule has 1 N–H and O–H groups in total. The van der Waals surface area contributed by atoms with Crippen molar-refractivity contribution in [3.05, 3.63) is 47.2 Å². The molecule has 1 aromatic carbocycles. The lowest BCUT2D eigenvalue weighted by Gasteiger charge is -2.07. The van der Waals surface area contributed by atoms with E-state index in [1.54, 1.807) is 13.0 Å². The lowest BCUT2D eigenvalue weighted by molar-refractivity contribution is 0.477. The van der Waals surface area contributed by atoms with Gasteiger partial charge >= 0.3 is 0 Å². The first-order chi connectivity index (χ1) is 8.60. The second kappa shape index (κ2) is 4.84. The minimum atomic E-state index is -0.824. The normalized spacial score (nSPS) is 10.1. The minimum Gasteiger partial charge on any atom is -0.444 e. The molecule has 0 atom stereocenters. The van der Waals surface area contributed by atoms with Gasteiger partial charge in [0.1, 0.15) is 11.4 Å². The number of rotatable bonds is 3. The van der Waals surface area contributed by atoms with Crippen LogP contribution in [0.15, 0.2) is 22.7 Å². The van der Waals surface area contributed by atoms with Gasteiger partial charge in [0.05, 0.1) is 24.4 Å². The van der Waals surface area contributed by atoms with Crippen LogP contribution in [-0.2, 0) is 6.54 Å². The molecule has 0 bridgehead atoms. The van der Waals surface area contributed by atoms with Gasteiger partial charge in [-0.2, -0.15) is 5.26 Å². The third-order valence-electron chi connectivity index (χ3n) is 2.26. The molecule has 1 aromatic heterocycles. The van der Waals surface area contributed by atoms with Gasteiger partial charge < -0.3 is 9.73 Å². The van der Waals surface area contributed by atoms with Crippen molar-refractivity contribution in [3.8, 4) is 6.07 Å². The molecule has 0 aliphatic carbocycles. The molecule has 6 heteroatoms. The van der Waals surface area contributed by atoms with Gasteiger partial charge in [0, 0.05) is 0 Å². The molecule has 0 unspecified atom stereocenters. The number of hydrogen-bond acceptors (Lipinski definition) is 4. The molecule has 1 heterocycles. The van der Waals surface area contributed by atoms with Gasteiger partial charge in [-0.15, -0.1) is 0 Å². The quantitative estimate of drug-likeness (QED) is 0.908. The first kappa shape index (κ1) is 12.0. The van der Waals surface area contributed by atoms with Crippen molar-refractivity contribution >= 4 is 5.69 Å². The Hall–Kier alpha value is -2.42. The molecule has 0 amide bonds. The number of benzene rings is 1. The van der Waals surface area contributed by atoms with Gasteiger partial charge in [-0.25, -0.2) is 13.8 Å². The summed E-state index contributed by atoms with van der Waals surface area (Å²) in [6.45, 7) is 1.78. The van der Waals surface area contributed by atoms with Crippen LogP contribution >= 0.6 is 0 Å². The summed E-state index contributed by atoms with van der Waals surface area (Å²) in [5.41, 5.74) is -0.368. The van der Waals surface area contributed by atoms with Crippen LogP contribution in [0.2, 0.25) is 0 Å². The van der Waals surface area contributed by atoms with Crippen molar-refractivity contribution in [2.75, 3.05) is 5.32 Å². The van der Waals surface area contributed by atoms with E-state index in [-0.39, 0.29) is 17.8 Å². The zero-order chi connectivity index (χ0) is 13.1. The van der Waals surface area contributed by atoms with Crippen molar-refractivity contribution in [2.24, 2.45) is 0 Å². The largest absolute Gasteiger partial charge is 0.444 e. The second-order valence-corrected chi connectivity index (χ2v) is 3.64. The van der Waals surface area contributed by atoms with Crippen molar-refractivity contribution in [2.45, 2.75) is 13.5 Å². The van der Waals surface area contributed by atoms with E-state index in [0.717, 1.165) is 12.1 Å². The highest BCUT2D eigenvalue weighted by Gasteiger charge is 2.11. The fraction of sp³-hybridized carbons (Fsp3) is 0.167. The Labute approximate surface area is 102 Å². The molecule has 4 nitrogen and oxygen atoms in total. The van der Waals surface area contributed by atoms with Crippen LogP contribution in [0.5, 0.6) is 0 Å². The first-order valence-corrected chi connectivity index (χ1v) is 5.14. The number of nitrogens with zero attached hydrogens (tertiary/aromatic N) is 2. The highest BCUT2D eigenvalue weighted by atomic mass is 19.1. The van der Waals surface area contributed by atoms with Gasteiger partial charge in [0.25, 0.3) is 0 Å². The van der Waals surface area contributed by atoms with E-state index < -0.39 is 11.6 Å². The lowest BCUT2D eigenvalue weighted by atomic mass is 10.2. The van der Waals surface area contributed by atoms with E-state index in [0.29, 0.717) is 11.7 Å². The molecular formula is C12H9F2N3O. The first-order valence-electron chi connectivity index (χ1n) is 5.14. The fourth-order valence-corrected chi connectivity index (χ4v) is 1.45. The number of anilines is 1. The summed E-state index contributed by atoms with van der Waals surface area (Å²) in [5.74, 6) is -0.701. The predicted octanol–water partition coefficient (Wildman–Crippen LogP) is 2.75. The summed E-state index contributed by atoms with van der Waals surface area (Å²) in [5, 5.41) is 11.1. The van der Waals surface area contributed by atoms with E-state index in [9.17, 15) is 8.78 Å². The molecular weight excluding hydrogens is 240 g/mol. The van der Waals surface area contributed by atoms with Crippen molar-refractivity contribution in [1.82, 2.24) is 4.98 Å². The van der Waals surface area contributed by atoms with Crippen LogP contribution in [0.4, 0.5) is 14.5 Å². The Balaban J connectivity index is 2.17. The Morgan fingerprint density at radius 2 is 2.06 bits per heavy atom. The topological polar surface area (TPSA) is 61.9 Å².